The van der Waals surface area contributed by atoms with Crippen LogP contribution in [0.4, 0.5) is 11.4 Å². The number of halogens is 2. The highest BCUT2D eigenvalue weighted by Crippen LogP contribution is 2.31. The van der Waals surface area contributed by atoms with E-state index in [1.807, 2.05) is 0 Å². The molecule has 144 valence electrons. The van der Waals surface area contributed by atoms with Crippen molar-refractivity contribution >= 4 is 51.9 Å². The first kappa shape index (κ1) is 18.9. The van der Waals surface area contributed by atoms with Gasteiger partial charge in [0.25, 0.3) is 5.69 Å². The zero-order valence-corrected chi connectivity index (χ0v) is 16.0. The monoisotopic (exact) mass is 426 g/mol. The van der Waals surface area contributed by atoms with E-state index in [-0.39, 0.29) is 17.0 Å². The molecule has 9 heteroatoms. The fourth-order valence-corrected chi connectivity index (χ4v) is 2.94. The molecule has 4 aromatic rings. The second-order valence-corrected chi connectivity index (χ2v) is 6.85. The Labute approximate surface area is 174 Å². The topological polar surface area (TPSA) is 105 Å². The summed E-state index contributed by atoms with van der Waals surface area (Å²) in [5.41, 5.74) is 2.23. The van der Waals surface area contributed by atoms with Gasteiger partial charge in [-0.3, -0.25) is 15.1 Å². The molecule has 0 saturated carbocycles. The minimum absolute atomic E-state index is 0.121. The summed E-state index contributed by atoms with van der Waals surface area (Å²) >= 11 is 12.0. The zero-order chi connectivity index (χ0) is 20.5. The van der Waals surface area contributed by atoms with Gasteiger partial charge in [0.05, 0.1) is 20.7 Å². The van der Waals surface area contributed by atoms with Crippen molar-refractivity contribution in [3.8, 4) is 17.2 Å². The van der Waals surface area contributed by atoms with E-state index in [0.29, 0.717) is 38.3 Å². The molecule has 0 radical (unpaired) electrons. The molecule has 0 saturated heterocycles. The third-order valence-electron chi connectivity index (χ3n) is 4.09. The van der Waals surface area contributed by atoms with E-state index in [4.69, 9.17) is 27.6 Å². The third-order valence-corrected chi connectivity index (χ3v) is 4.83. The Morgan fingerprint density at radius 2 is 1.86 bits per heavy atom. The summed E-state index contributed by atoms with van der Waals surface area (Å²) in [5, 5.41) is 23.6. The Morgan fingerprint density at radius 3 is 2.62 bits per heavy atom. The number of oxazole rings is 1. The molecular weight excluding hydrogens is 417 g/mol. The minimum atomic E-state index is -0.567. The van der Waals surface area contributed by atoms with E-state index in [2.05, 4.69) is 9.98 Å². The molecule has 0 aliphatic heterocycles. The lowest BCUT2D eigenvalue weighted by molar-refractivity contribution is -0.385. The maximum Gasteiger partial charge on any atom is 0.270 e. The predicted molar refractivity (Wildman–Crippen MR) is 109 cm³/mol. The Kier molecular flexibility index (Phi) is 4.92. The van der Waals surface area contributed by atoms with Crippen molar-refractivity contribution in [3.63, 3.8) is 0 Å². The van der Waals surface area contributed by atoms with Crippen molar-refractivity contribution in [2.24, 2.45) is 4.99 Å². The van der Waals surface area contributed by atoms with Crippen LogP contribution in [-0.4, -0.2) is 16.1 Å². The van der Waals surface area contributed by atoms with Crippen LogP contribution in [0, 0.1) is 10.1 Å². The van der Waals surface area contributed by atoms with Crippen LogP contribution in [0.3, 0.4) is 0 Å². The molecule has 0 spiro atoms. The van der Waals surface area contributed by atoms with E-state index in [1.165, 1.54) is 12.3 Å². The number of nitrogens with zero attached hydrogens (tertiary/aromatic N) is 3. The number of hydrogen-bond acceptors (Lipinski definition) is 6. The van der Waals surface area contributed by atoms with E-state index < -0.39 is 4.92 Å². The largest absolute Gasteiger partial charge is 0.872 e. The normalized spacial score (nSPS) is 11.4. The summed E-state index contributed by atoms with van der Waals surface area (Å²) in [6.07, 6.45) is 1.29. The molecule has 0 aliphatic carbocycles. The fourth-order valence-electron chi connectivity index (χ4n) is 2.64. The number of fused-ring (bicyclic) bond motifs is 1. The molecule has 0 N–H and O–H groups in total. The number of nitro groups is 1. The lowest BCUT2D eigenvalue weighted by Gasteiger charge is -2.08. The summed E-state index contributed by atoms with van der Waals surface area (Å²) in [5.74, 6) is 0.0176. The number of aromatic nitrogens is 1. The standard InChI is InChI=1S/C20H11Cl2N3O4/c21-15-4-1-11(8-16(15)22)20-24-17-9-13(2-6-19(17)29-20)23-10-12-7-14(25(27)28)3-5-18(12)26/h1-10,26H/p-1. The molecular formula is C20H10Cl2N3O4-. The average Bonchev–Trinajstić information content (AvgIpc) is 3.12. The van der Waals surface area contributed by atoms with Gasteiger partial charge >= 0.3 is 0 Å². The van der Waals surface area contributed by atoms with Gasteiger partial charge in [-0.25, -0.2) is 4.98 Å². The van der Waals surface area contributed by atoms with Gasteiger partial charge in [0.1, 0.15) is 5.52 Å². The predicted octanol–water partition coefficient (Wildman–Crippen LogP) is 5.53. The number of hydrogen-bond donors (Lipinski definition) is 0. The van der Waals surface area contributed by atoms with Crippen molar-refractivity contribution < 1.29 is 14.4 Å². The van der Waals surface area contributed by atoms with Crippen LogP contribution >= 0.6 is 23.2 Å². The molecule has 0 aliphatic rings. The highest BCUT2D eigenvalue weighted by Gasteiger charge is 2.11. The van der Waals surface area contributed by atoms with Crippen molar-refractivity contribution in [2.75, 3.05) is 0 Å². The molecule has 7 nitrogen and oxygen atoms in total. The van der Waals surface area contributed by atoms with E-state index in [1.54, 1.807) is 36.4 Å². The molecule has 1 heterocycles. The molecule has 0 fully saturated rings. The Balaban J connectivity index is 1.66. The molecule has 0 unspecified atom stereocenters. The van der Waals surface area contributed by atoms with Crippen LogP contribution in [-0.2, 0) is 0 Å². The van der Waals surface area contributed by atoms with Gasteiger partial charge < -0.3 is 9.52 Å². The van der Waals surface area contributed by atoms with Crippen molar-refractivity contribution in [3.05, 3.63) is 80.3 Å². The first-order valence-electron chi connectivity index (χ1n) is 8.26. The van der Waals surface area contributed by atoms with Crippen molar-refractivity contribution in [1.82, 2.24) is 4.98 Å². The lowest BCUT2D eigenvalue weighted by Crippen LogP contribution is -1.98. The smallest absolute Gasteiger partial charge is 0.270 e. The number of aliphatic imine (C=N–C) groups is 1. The van der Waals surface area contributed by atoms with Crippen LogP contribution < -0.4 is 5.11 Å². The minimum Gasteiger partial charge on any atom is -0.872 e. The quantitative estimate of drug-likeness (QED) is 0.242. The Morgan fingerprint density at radius 1 is 1.03 bits per heavy atom. The van der Waals surface area contributed by atoms with E-state index in [0.717, 1.165) is 12.1 Å². The maximum absolute atomic E-state index is 11.9. The Hall–Kier alpha value is -3.42. The first-order chi connectivity index (χ1) is 13.9. The first-order valence-corrected chi connectivity index (χ1v) is 9.02. The van der Waals surface area contributed by atoms with Crippen LogP contribution in [0.2, 0.25) is 10.0 Å². The highest BCUT2D eigenvalue weighted by molar-refractivity contribution is 6.42. The number of non-ortho nitro benzene ring substituents is 1. The summed E-state index contributed by atoms with van der Waals surface area (Å²) in [6, 6.07) is 13.6. The second-order valence-electron chi connectivity index (χ2n) is 6.04. The van der Waals surface area contributed by atoms with Gasteiger partial charge in [-0.15, -0.1) is 0 Å². The molecule has 0 atom stereocenters. The SMILES string of the molecule is O=[N+]([O-])c1ccc([O-])c(C=Nc2ccc3oc(-c4ccc(Cl)c(Cl)c4)nc3c2)c1. The summed E-state index contributed by atoms with van der Waals surface area (Å²) in [4.78, 5) is 19.0. The third kappa shape index (κ3) is 3.91. The van der Waals surface area contributed by atoms with Crippen LogP contribution in [0.25, 0.3) is 22.6 Å². The molecule has 0 bridgehead atoms. The van der Waals surface area contributed by atoms with Gasteiger partial charge in [-0.1, -0.05) is 35.0 Å². The van der Waals surface area contributed by atoms with Gasteiger partial charge in [-0.2, -0.15) is 0 Å². The number of benzene rings is 3. The summed E-state index contributed by atoms with van der Waals surface area (Å²) in [7, 11) is 0. The van der Waals surface area contributed by atoms with Gasteiger partial charge in [0.15, 0.2) is 5.58 Å². The summed E-state index contributed by atoms with van der Waals surface area (Å²) < 4.78 is 5.74. The second kappa shape index (κ2) is 7.54. The van der Waals surface area contributed by atoms with Crippen LogP contribution in [0.5, 0.6) is 5.75 Å². The highest BCUT2D eigenvalue weighted by atomic mass is 35.5. The van der Waals surface area contributed by atoms with Gasteiger partial charge in [0.2, 0.25) is 5.89 Å². The van der Waals surface area contributed by atoms with Gasteiger partial charge in [-0.05, 0) is 42.0 Å². The maximum atomic E-state index is 11.9. The van der Waals surface area contributed by atoms with Crippen LogP contribution in [0.1, 0.15) is 5.56 Å². The van der Waals surface area contributed by atoms with Gasteiger partial charge in [0, 0.05) is 23.9 Å². The summed E-state index contributed by atoms with van der Waals surface area (Å²) in [6.45, 7) is 0. The fraction of sp³-hybridized carbons (Fsp3) is 0. The number of nitro benzene ring substituents is 1. The lowest BCUT2D eigenvalue weighted by atomic mass is 10.2. The van der Waals surface area contributed by atoms with E-state index in [9.17, 15) is 15.2 Å². The van der Waals surface area contributed by atoms with E-state index >= 15 is 0 Å². The number of rotatable bonds is 4. The molecule has 0 amide bonds. The van der Waals surface area contributed by atoms with Crippen molar-refractivity contribution in [2.45, 2.75) is 0 Å². The zero-order valence-electron chi connectivity index (χ0n) is 14.5. The molecule has 1 aromatic heterocycles. The van der Waals surface area contributed by atoms with Crippen molar-refractivity contribution in [1.29, 1.82) is 0 Å². The van der Waals surface area contributed by atoms with Crippen LogP contribution in [0.15, 0.2) is 64.0 Å². The molecule has 4 rings (SSSR count). The molecule has 29 heavy (non-hydrogen) atoms. The average molecular weight is 427 g/mol. The molecule has 3 aromatic carbocycles. The Bertz CT molecular complexity index is 1280.